The number of sulfonamides is 1. The summed E-state index contributed by atoms with van der Waals surface area (Å²) >= 11 is 0. The third-order valence-electron chi connectivity index (χ3n) is 2.95. The molecule has 0 aliphatic rings. The first-order chi connectivity index (χ1) is 9.44. The first-order valence-electron chi connectivity index (χ1n) is 6.09. The number of hydrogen-bond acceptors (Lipinski definition) is 4. The van der Waals surface area contributed by atoms with Crippen molar-refractivity contribution in [2.24, 2.45) is 0 Å². The monoisotopic (exact) mass is 295 g/mol. The third-order valence-corrected chi connectivity index (χ3v) is 4.41. The van der Waals surface area contributed by atoms with Gasteiger partial charge in [-0.1, -0.05) is 17.7 Å². The maximum absolute atomic E-state index is 12.1. The van der Waals surface area contributed by atoms with Crippen molar-refractivity contribution in [3.8, 4) is 5.75 Å². The summed E-state index contributed by atoms with van der Waals surface area (Å²) < 4.78 is 32.1. The first-order valence-corrected chi connectivity index (χ1v) is 7.57. The molecule has 1 unspecified atom stereocenters. The molecular formula is C13H17N3O3S. The second-order valence-electron chi connectivity index (χ2n) is 4.50. The molecule has 1 atom stereocenters. The molecule has 7 heteroatoms. The van der Waals surface area contributed by atoms with Crippen molar-refractivity contribution < 1.29 is 13.2 Å². The summed E-state index contributed by atoms with van der Waals surface area (Å²) in [5.74, 6) is 0.649. The van der Waals surface area contributed by atoms with E-state index in [1.807, 2.05) is 25.1 Å². The van der Waals surface area contributed by atoms with Crippen LogP contribution in [0.5, 0.6) is 5.75 Å². The molecule has 0 saturated heterocycles. The Hall–Kier alpha value is -1.86. The number of aromatic nitrogens is 2. The zero-order valence-corrected chi connectivity index (χ0v) is 12.4. The van der Waals surface area contributed by atoms with Crippen LogP contribution in [0.25, 0.3) is 0 Å². The van der Waals surface area contributed by atoms with Gasteiger partial charge in [-0.05, 0) is 19.9 Å². The van der Waals surface area contributed by atoms with Crippen LogP contribution in [0.3, 0.4) is 0 Å². The van der Waals surface area contributed by atoms with Gasteiger partial charge in [0, 0.05) is 11.6 Å². The van der Waals surface area contributed by atoms with Gasteiger partial charge in [-0.15, -0.1) is 0 Å². The molecule has 1 aromatic heterocycles. The molecule has 0 spiro atoms. The van der Waals surface area contributed by atoms with Crippen LogP contribution in [0, 0.1) is 6.92 Å². The number of benzene rings is 1. The van der Waals surface area contributed by atoms with Gasteiger partial charge in [0.15, 0.2) is 5.03 Å². The van der Waals surface area contributed by atoms with Gasteiger partial charge < -0.3 is 9.72 Å². The van der Waals surface area contributed by atoms with E-state index in [4.69, 9.17) is 4.74 Å². The molecule has 0 aliphatic heterocycles. The second kappa shape index (κ2) is 5.64. The fourth-order valence-electron chi connectivity index (χ4n) is 1.94. The summed E-state index contributed by atoms with van der Waals surface area (Å²) in [5, 5.41) is 0.0379. The van der Waals surface area contributed by atoms with Crippen molar-refractivity contribution in [1.82, 2.24) is 14.7 Å². The molecule has 0 saturated carbocycles. The lowest BCUT2D eigenvalue weighted by atomic mass is 10.1. The minimum atomic E-state index is -3.63. The molecule has 1 aromatic carbocycles. The summed E-state index contributed by atoms with van der Waals surface area (Å²) in [7, 11) is -2.07. The molecule has 0 amide bonds. The highest BCUT2D eigenvalue weighted by Crippen LogP contribution is 2.27. The van der Waals surface area contributed by atoms with Crippen molar-refractivity contribution in [2.45, 2.75) is 24.9 Å². The number of nitrogens with zero attached hydrogens (tertiary/aromatic N) is 1. The highest BCUT2D eigenvalue weighted by atomic mass is 32.2. The van der Waals surface area contributed by atoms with Crippen LogP contribution in [0.4, 0.5) is 0 Å². The maximum atomic E-state index is 12.1. The number of nitrogens with one attached hydrogen (secondary N) is 2. The predicted molar refractivity (Wildman–Crippen MR) is 75.1 cm³/mol. The van der Waals surface area contributed by atoms with Gasteiger partial charge >= 0.3 is 0 Å². The highest BCUT2D eigenvalue weighted by molar-refractivity contribution is 7.89. The fraction of sp³-hybridized carbons (Fsp3) is 0.308. The summed E-state index contributed by atoms with van der Waals surface area (Å²) in [4.78, 5) is 6.30. The summed E-state index contributed by atoms with van der Waals surface area (Å²) in [6, 6.07) is 5.22. The smallest absolute Gasteiger partial charge is 0.258 e. The Bertz CT molecular complexity index is 681. The SMILES string of the molecule is COc1ccc(C)cc1C(C)NS(=O)(=O)c1cnc[nH]1. The minimum absolute atomic E-state index is 0.0379. The molecule has 0 fully saturated rings. The van der Waals surface area contributed by atoms with Gasteiger partial charge in [0.25, 0.3) is 10.0 Å². The summed E-state index contributed by atoms with van der Waals surface area (Å²) in [5.41, 5.74) is 1.82. The quantitative estimate of drug-likeness (QED) is 0.880. The minimum Gasteiger partial charge on any atom is -0.496 e. The van der Waals surface area contributed by atoms with Crippen LogP contribution < -0.4 is 9.46 Å². The van der Waals surface area contributed by atoms with Crippen molar-refractivity contribution in [3.63, 3.8) is 0 Å². The van der Waals surface area contributed by atoms with E-state index < -0.39 is 16.1 Å². The molecule has 20 heavy (non-hydrogen) atoms. The Labute approximate surface area is 118 Å². The van der Waals surface area contributed by atoms with E-state index in [2.05, 4.69) is 14.7 Å². The molecular weight excluding hydrogens is 278 g/mol. The fourth-order valence-corrected chi connectivity index (χ4v) is 3.07. The molecule has 6 nitrogen and oxygen atoms in total. The Kier molecular flexibility index (Phi) is 4.10. The maximum Gasteiger partial charge on any atom is 0.258 e. The van der Waals surface area contributed by atoms with Gasteiger partial charge in [0.2, 0.25) is 0 Å². The van der Waals surface area contributed by atoms with E-state index >= 15 is 0 Å². The largest absolute Gasteiger partial charge is 0.496 e. The molecule has 0 bridgehead atoms. The van der Waals surface area contributed by atoms with E-state index in [0.717, 1.165) is 11.1 Å². The van der Waals surface area contributed by atoms with Crippen molar-refractivity contribution in [3.05, 3.63) is 41.9 Å². The topological polar surface area (TPSA) is 84.1 Å². The van der Waals surface area contributed by atoms with E-state index in [0.29, 0.717) is 5.75 Å². The number of rotatable bonds is 5. The lowest BCUT2D eigenvalue weighted by molar-refractivity contribution is 0.405. The predicted octanol–water partition coefficient (Wildman–Crippen LogP) is 1.77. The van der Waals surface area contributed by atoms with E-state index in [1.54, 1.807) is 14.0 Å². The van der Waals surface area contributed by atoms with Crippen LogP contribution >= 0.6 is 0 Å². The van der Waals surface area contributed by atoms with E-state index in [-0.39, 0.29) is 5.03 Å². The molecule has 2 aromatic rings. The van der Waals surface area contributed by atoms with Gasteiger partial charge in [-0.2, -0.15) is 0 Å². The van der Waals surface area contributed by atoms with Crippen LogP contribution in [-0.2, 0) is 10.0 Å². The number of H-pyrrole nitrogens is 1. The lowest BCUT2D eigenvalue weighted by Gasteiger charge is -2.17. The standard InChI is InChI=1S/C13H17N3O3S/c1-9-4-5-12(19-3)11(6-9)10(2)16-20(17,18)13-7-14-8-15-13/h4-8,10,16H,1-3H3,(H,14,15). The third kappa shape index (κ3) is 3.00. The van der Waals surface area contributed by atoms with Crippen molar-refractivity contribution in [2.75, 3.05) is 7.11 Å². The molecule has 2 N–H and O–H groups in total. The Morgan fingerprint density at radius 2 is 2.15 bits per heavy atom. The van der Waals surface area contributed by atoms with E-state index in [1.165, 1.54) is 12.5 Å². The van der Waals surface area contributed by atoms with Gasteiger partial charge in [-0.25, -0.2) is 18.1 Å². The number of aryl methyl sites for hydroxylation is 1. The second-order valence-corrected chi connectivity index (χ2v) is 6.19. The summed E-state index contributed by atoms with van der Waals surface area (Å²) in [6.07, 6.45) is 2.59. The van der Waals surface area contributed by atoms with E-state index in [9.17, 15) is 8.42 Å². The van der Waals surface area contributed by atoms with Crippen LogP contribution in [0.15, 0.2) is 35.7 Å². The Morgan fingerprint density at radius 1 is 1.40 bits per heavy atom. The van der Waals surface area contributed by atoms with Crippen LogP contribution in [-0.4, -0.2) is 25.5 Å². The molecule has 2 rings (SSSR count). The van der Waals surface area contributed by atoms with Gasteiger partial charge in [0.1, 0.15) is 5.75 Å². The molecule has 108 valence electrons. The zero-order valence-electron chi connectivity index (χ0n) is 11.5. The van der Waals surface area contributed by atoms with Gasteiger partial charge in [-0.3, -0.25) is 0 Å². The number of aromatic amines is 1. The average molecular weight is 295 g/mol. The Balaban J connectivity index is 2.29. The van der Waals surface area contributed by atoms with Crippen molar-refractivity contribution in [1.29, 1.82) is 0 Å². The number of ether oxygens (including phenoxy) is 1. The lowest BCUT2D eigenvalue weighted by Crippen LogP contribution is -2.27. The number of hydrogen-bond donors (Lipinski definition) is 2. The average Bonchev–Trinajstić information content (AvgIpc) is 2.92. The highest BCUT2D eigenvalue weighted by Gasteiger charge is 2.21. The number of imidazole rings is 1. The van der Waals surface area contributed by atoms with Crippen molar-refractivity contribution >= 4 is 10.0 Å². The normalized spacial score (nSPS) is 13.2. The molecule has 0 radical (unpaired) electrons. The van der Waals surface area contributed by atoms with Crippen LogP contribution in [0.2, 0.25) is 0 Å². The first kappa shape index (κ1) is 14.5. The molecule has 1 heterocycles. The molecule has 0 aliphatic carbocycles. The summed E-state index contributed by atoms with van der Waals surface area (Å²) in [6.45, 7) is 3.71. The Morgan fingerprint density at radius 3 is 2.75 bits per heavy atom. The zero-order chi connectivity index (χ0) is 14.8. The van der Waals surface area contributed by atoms with Crippen LogP contribution in [0.1, 0.15) is 24.1 Å². The van der Waals surface area contributed by atoms with Gasteiger partial charge in [0.05, 0.1) is 19.6 Å². The number of methoxy groups -OCH3 is 1.